The molecule has 140 valence electrons. The van der Waals surface area contributed by atoms with Crippen molar-refractivity contribution < 1.29 is 4.79 Å². The number of benzene rings is 1. The molecule has 0 amide bonds. The highest BCUT2D eigenvalue weighted by Crippen LogP contribution is 2.16. The average molecular weight is 379 g/mol. The third-order valence-electron chi connectivity index (χ3n) is 5.00. The summed E-state index contributed by atoms with van der Waals surface area (Å²) in [5, 5.41) is 0.485. The highest BCUT2D eigenvalue weighted by atomic mass is 16.1. The number of aromatic nitrogens is 3. The van der Waals surface area contributed by atoms with Crippen LogP contribution in [0, 0.1) is 13.8 Å². The van der Waals surface area contributed by atoms with Crippen molar-refractivity contribution >= 4 is 30.1 Å². The lowest BCUT2D eigenvalue weighted by Gasteiger charge is -2.13. The Bertz CT molecular complexity index is 1310. The number of aryl methyl sites for hydroxylation is 2. The van der Waals surface area contributed by atoms with Gasteiger partial charge in [-0.05, 0) is 49.3 Å². The van der Waals surface area contributed by atoms with E-state index in [1.807, 2.05) is 42.7 Å². The second-order valence-corrected chi connectivity index (χ2v) is 7.03. The second kappa shape index (κ2) is 7.47. The first-order valence-electron chi connectivity index (χ1n) is 9.25. The standard InChI is InChI=1S/C23H18BN3O2/c1-14-10-16(11-25-15(14)2)22(28)19-13-27(12-17-6-5-9-21(24)26-17)20-8-4-3-7-18(20)23(19)29/h3-11,13H,12H2,1-2H3. The molecule has 3 heterocycles. The fourth-order valence-corrected chi connectivity index (χ4v) is 3.32. The first-order chi connectivity index (χ1) is 13.9. The molecular weight excluding hydrogens is 361 g/mol. The van der Waals surface area contributed by atoms with Gasteiger partial charge < -0.3 is 4.57 Å². The molecule has 0 aliphatic heterocycles. The van der Waals surface area contributed by atoms with Crippen molar-refractivity contribution in [3.05, 3.63) is 99.2 Å². The zero-order valence-corrected chi connectivity index (χ0v) is 16.2. The Hall–Kier alpha value is -3.54. The van der Waals surface area contributed by atoms with Crippen molar-refractivity contribution in [3.63, 3.8) is 0 Å². The van der Waals surface area contributed by atoms with Gasteiger partial charge in [-0.25, -0.2) is 0 Å². The molecule has 2 radical (unpaired) electrons. The van der Waals surface area contributed by atoms with Crippen LogP contribution < -0.4 is 11.0 Å². The fourth-order valence-electron chi connectivity index (χ4n) is 3.32. The van der Waals surface area contributed by atoms with E-state index in [4.69, 9.17) is 7.85 Å². The van der Waals surface area contributed by atoms with Crippen LogP contribution in [0.3, 0.4) is 0 Å². The Morgan fingerprint density at radius 1 is 1.10 bits per heavy atom. The van der Waals surface area contributed by atoms with Crippen molar-refractivity contribution in [1.82, 2.24) is 14.5 Å². The van der Waals surface area contributed by atoms with Gasteiger partial charge in [0.1, 0.15) is 7.85 Å². The second-order valence-electron chi connectivity index (χ2n) is 7.03. The van der Waals surface area contributed by atoms with Crippen LogP contribution in [0.5, 0.6) is 0 Å². The predicted molar refractivity (Wildman–Crippen MR) is 114 cm³/mol. The minimum absolute atomic E-state index is 0.109. The van der Waals surface area contributed by atoms with Gasteiger partial charge >= 0.3 is 0 Å². The molecule has 3 aromatic heterocycles. The number of carbonyl (C=O) groups is 1. The summed E-state index contributed by atoms with van der Waals surface area (Å²) in [7, 11) is 5.80. The third-order valence-corrected chi connectivity index (χ3v) is 5.00. The van der Waals surface area contributed by atoms with Gasteiger partial charge in [0, 0.05) is 29.0 Å². The summed E-state index contributed by atoms with van der Waals surface area (Å²) in [6.07, 6.45) is 3.12. The molecule has 4 aromatic rings. The van der Waals surface area contributed by atoms with E-state index >= 15 is 0 Å². The maximum absolute atomic E-state index is 13.1. The predicted octanol–water partition coefficient (Wildman–Crippen LogP) is 2.48. The zero-order valence-electron chi connectivity index (χ0n) is 16.2. The van der Waals surface area contributed by atoms with Gasteiger partial charge in [0.05, 0.1) is 23.3 Å². The Labute approximate surface area is 169 Å². The van der Waals surface area contributed by atoms with Crippen LogP contribution in [0.2, 0.25) is 0 Å². The summed E-state index contributed by atoms with van der Waals surface area (Å²) in [5.41, 5.74) is 3.87. The summed E-state index contributed by atoms with van der Waals surface area (Å²) in [4.78, 5) is 34.8. The molecule has 1 aromatic carbocycles. The maximum Gasteiger partial charge on any atom is 0.200 e. The SMILES string of the molecule is [B]c1cccc(Cn2cc(C(=O)c3cnc(C)c(C)c3)c(=O)c3ccccc32)n1. The minimum atomic E-state index is -0.342. The lowest BCUT2D eigenvalue weighted by Crippen LogP contribution is -2.21. The monoisotopic (exact) mass is 379 g/mol. The van der Waals surface area contributed by atoms with Gasteiger partial charge in [-0.15, -0.1) is 0 Å². The fraction of sp³-hybridized carbons (Fsp3) is 0.130. The number of carbonyl (C=O) groups excluding carboxylic acids is 1. The molecule has 4 rings (SSSR count). The van der Waals surface area contributed by atoms with Crippen LogP contribution in [0.1, 0.15) is 32.9 Å². The van der Waals surface area contributed by atoms with Crippen LogP contribution in [-0.4, -0.2) is 28.2 Å². The van der Waals surface area contributed by atoms with E-state index in [0.717, 1.165) is 22.5 Å². The van der Waals surface area contributed by atoms with Gasteiger partial charge in [-0.3, -0.25) is 19.6 Å². The van der Waals surface area contributed by atoms with Crippen molar-refractivity contribution in [1.29, 1.82) is 0 Å². The highest BCUT2D eigenvalue weighted by Gasteiger charge is 2.18. The smallest absolute Gasteiger partial charge is 0.200 e. The highest BCUT2D eigenvalue weighted by molar-refractivity contribution is 6.30. The van der Waals surface area contributed by atoms with E-state index in [1.54, 1.807) is 30.5 Å². The summed E-state index contributed by atoms with van der Waals surface area (Å²) >= 11 is 0. The van der Waals surface area contributed by atoms with E-state index in [1.165, 1.54) is 6.20 Å². The van der Waals surface area contributed by atoms with Gasteiger partial charge in [0.2, 0.25) is 5.43 Å². The quantitative estimate of drug-likeness (QED) is 0.404. The number of hydrogen-bond acceptors (Lipinski definition) is 4. The lowest BCUT2D eigenvalue weighted by atomic mass is 10.0. The van der Waals surface area contributed by atoms with Crippen molar-refractivity contribution in [3.8, 4) is 0 Å². The van der Waals surface area contributed by atoms with Crippen molar-refractivity contribution in [2.75, 3.05) is 0 Å². The lowest BCUT2D eigenvalue weighted by molar-refractivity contribution is 0.103. The summed E-state index contributed by atoms with van der Waals surface area (Å²) in [6, 6.07) is 14.4. The zero-order chi connectivity index (χ0) is 20.5. The summed E-state index contributed by atoms with van der Waals surface area (Å²) in [5.74, 6) is -0.342. The summed E-state index contributed by atoms with van der Waals surface area (Å²) < 4.78 is 1.86. The average Bonchev–Trinajstić information content (AvgIpc) is 2.72. The molecular formula is C23H18BN3O2. The Morgan fingerprint density at radius 2 is 1.90 bits per heavy atom. The molecule has 5 nitrogen and oxygen atoms in total. The molecule has 0 saturated heterocycles. The molecule has 6 heteroatoms. The summed E-state index contributed by atoms with van der Waals surface area (Å²) in [6.45, 7) is 4.16. The largest absolute Gasteiger partial charge is 0.340 e. The van der Waals surface area contributed by atoms with E-state index < -0.39 is 0 Å². The number of nitrogens with zero attached hydrogens (tertiary/aromatic N) is 3. The van der Waals surface area contributed by atoms with Crippen LogP contribution in [0.4, 0.5) is 0 Å². The van der Waals surface area contributed by atoms with Crippen LogP contribution >= 0.6 is 0 Å². The molecule has 0 saturated carbocycles. The third kappa shape index (κ3) is 3.61. The number of para-hydroxylation sites is 1. The van der Waals surface area contributed by atoms with E-state index in [9.17, 15) is 9.59 Å². The first-order valence-corrected chi connectivity index (χ1v) is 9.25. The van der Waals surface area contributed by atoms with Gasteiger partial charge in [-0.1, -0.05) is 24.3 Å². The molecule has 29 heavy (non-hydrogen) atoms. The molecule has 0 unspecified atom stereocenters. The van der Waals surface area contributed by atoms with Crippen LogP contribution in [0.25, 0.3) is 10.9 Å². The number of pyridine rings is 3. The van der Waals surface area contributed by atoms with Gasteiger partial charge in [0.15, 0.2) is 5.78 Å². The number of fused-ring (bicyclic) bond motifs is 1. The molecule has 0 spiro atoms. The van der Waals surface area contributed by atoms with Crippen molar-refractivity contribution in [2.45, 2.75) is 20.4 Å². The number of ketones is 1. The molecule has 0 fully saturated rings. The van der Waals surface area contributed by atoms with Gasteiger partial charge in [-0.2, -0.15) is 0 Å². The Morgan fingerprint density at radius 3 is 2.66 bits per heavy atom. The van der Waals surface area contributed by atoms with E-state index in [2.05, 4.69) is 9.97 Å². The Kier molecular flexibility index (Phi) is 4.85. The number of hydrogen-bond donors (Lipinski definition) is 0. The molecule has 0 atom stereocenters. The van der Waals surface area contributed by atoms with Crippen LogP contribution in [0.15, 0.2) is 65.7 Å². The van der Waals surface area contributed by atoms with Crippen molar-refractivity contribution in [2.24, 2.45) is 0 Å². The topological polar surface area (TPSA) is 64.8 Å². The normalized spacial score (nSPS) is 11.0. The van der Waals surface area contributed by atoms with Gasteiger partial charge in [0.25, 0.3) is 0 Å². The van der Waals surface area contributed by atoms with Crippen LogP contribution in [-0.2, 0) is 6.54 Å². The maximum atomic E-state index is 13.1. The van der Waals surface area contributed by atoms with E-state index in [-0.39, 0.29) is 16.8 Å². The molecule has 0 aliphatic rings. The molecule has 0 aliphatic carbocycles. The molecule has 0 N–H and O–H groups in total. The Balaban J connectivity index is 1.88. The number of rotatable bonds is 4. The van der Waals surface area contributed by atoms with E-state index in [0.29, 0.717) is 23.1 Å². The minimum Gasteiger partial charge on any atom is -0.340 e. The first kappa shape index (κ1) is 18.8. The molecule has 0 bridgehead atoms.